The summed E-state index contributed by atoms with van der Waals surface area (Å²) in [6, 6.07) is 12.9. The maximum atomic E-state index is 9.83. The largest absolute Gasteiger partial charge is 0.507 e. The number of aliphatic imine (C=N–C) groups is 1. The van der Waals surface area contributed by atoms with Gasteiger partial charge < -0.3 is 14.6 Å². The number of ether oxygens (including phenoxy) is 2. The molecule has 0 unspecified atom stereocenters. The molecule has 2 rings (SSSR count). The topological polar surface area (TPSA) is 51.0 Å². The average Bonchev–Trinajstić information content (AvgIpc) is 2.55. The van der Waals surface area contributed by atoms with Crippen LogP contribution in [0.2, 0.25) is 0 Å². The van der Waals surface area contributed by atoms with Crippen LogP contribution in [0.25, 0.3) is 0 Å². The first-order chi connectivity index (χ1) is 10.7. The van der Waals surface area contributed by atoms with Gasteiger partial charge in [-0.1, -0.05) is 12.1 Å². The highest BCUT2D eigenvalue weighted by Gasteiger charge is 2.06. The lowest BCUT2D eigenvalue weighted by Gasteiger charge is -2.10. The quantitative estimate of drug-likeness (QED) is 0.831. The van der Waals surface area contributed by atoms with Gasteiger partial charge in [-0.15, -0.1) is 0 Å². The number of phenolic OH excluding ortho intramolecular Hbond substituents is 1. The fraction of sp³-hybridized carbons (Fsp3) is 0.278. The lowest BCUT2D eigenvalue weighted by atomic mass is 10.1. The van der Waals surface area contributed by atoms with Crippen LogP contribution in [0.5, 0.6) is 17.2 Å². The molecule has 0 fully saturated rings. The van der Waals surface area contributed by atoms with Crippen LogP contribution in [0, 0.1) is 0 Å². The molecule has 0 atom stereocenters. The number of phenols is 1. The van der Waals surface area contributed by atoms with Gasteiger partial charge in [-0.05, 0) is 49.2 Å². The van der Waals surface area contributed by atoms with E-state index in [4.69, 9.17) is 9.47 Å². The zero-order valence-corrected chi connectivity index (χ0v) is 13.2. The third kappa shape index (κ3) is 3.79. The molecule has 0 aliphatic rings. The Morgan fingerprint density at radius 1 is 1.09 bits per heavy atom. The van der Waals surface area contributed by atoms with Crippen molar-refractivity contribution in [2.75, 3.05) is 20.8 Å². The first kappa shape index (κ1) is 15.9. The van der Waals surface area contributed by atoms with E-state index in [1.165, 1.54) is 0 Å². The third-order valence-corrected chi connectivity index (χ3v) is 3.51. The number of benzene rings is 2. The second-order valence-electron chi connectivity index (χ2n) is 4.91. The van der Waals surface area contributed by atoms with Crippen molar-refractivity contribution in [3.63, 3.8) is 0 Å². The van der Waals surface area contributed by atoms with Gasteiger partial charge in [0.15, 0.2) is 0 Å². The zero-order valence-electron chi connectivity index (χ0n) is 13.2. The summed E-state index contributed by atoms with van der Waals surface area (Å²) in [5.74, 6) is 1.89. The summed E-state index contributed by atoms with van der Waals surface area (Å²) in [5, 5.41) is 9.83. The molecule has 0 saturated heterocycles. The molecule has 0 heterocycles. The number of nitrogens with zero attached hydrogens (tertiary/aromatic N) is 1. The van der Waals surface area contributed by atoms with E-state index in [1.54, 1.807) is 26.4 Å². The van der Waals surface area contributed by atoms with Crippen molar-refractivity contribution in [3.8, 4) is 17.2 Å². The highest BCUT2D eigenvalue weighted by molar-refractivity contribution is 6.00. The van der Waals surface area contributed by atoms with Gasteiger partial charge >= 0.3 is 0 Å². The van der Waals surface area contributed by atoms with Crippen LogP contribution in [-0.2, 0) is 6.42 Å². The first-order valence-corrected chi connectivity index (χ1v) is 7.16. The Hall–Kier alpha value is -2.49. The Bertz CT molecular complexity index is 665. The van der Waals surface area contributed by atoms with E-state index in [9.17, 15) is 5.11 Å². The Morgan fingerprint density at radius 2 is 1.86 bits per heavy atom. The maximum Gasteiger partial charge on any atom is 0.124 e. The minimum Gasteiger partial charge on any atom is -0.507 e. The zero-order chi connectivity index (χ0) is 15.9. The summed E-state index contributed by atoms with van der Waals surface area (Å²) >= 11 is 0. The number of methoxy groups -OCH3 is 2. The molecule has 4 heteroatoms. The lowest BCUT2D eigenvalue weighted by Crippen LogP contribution is -2.00. The second-order valence-corrected chi connectivity index (χ2v) is 4.91. The highest BCUT2D eigenvalue weighted by atomic mass is 16.5. The molecule has 0 aromatic heterocycles. The molecular formula is C18H21NO3. The normalized spacial score (nSPS) is 11.3. The van der Waals surface area contributed by atoms with E-state index in [2.05, 4.69) is 4.99 Å². The molecule has 0 saturated carbocycles. The van der Waals surface area contributed by atoms with E-state index in [1.807, 2.05) is 37.3 Å². The molecule has 0 aliphatic carbocycles. The summed E-state index contributed by atoms with van der Waals surface area (Å²) in [5.41, 5.74) is 2.63. The molecule has 2 aromatic rings. The molecule has 0 radical (unpaired) electrons. The molecule has 116 valence electrons. The molecule has 4 nitrogen and oxygen atoms in total. The molecule has 2 aromatic carbocycles. The van der Waals surface area contributed by atoms with Crippen molar-refractivity contribution < 1.29 is 14.6 Å². The van der Waals surface area contributed by atoms with Gasteiger partial charge in [0.05, 0.1) is 14.2 Å². The Kier molecular flexibility index (Phi) is 5.42. The van der Waals surface area contributed by atoms with Crippen LogP contribution in [0.15, 0.2) is 47.5 Å². The minimum absolute atomic E-state index is 0.253. The fourth-order valence-electron chi connectivity index (χ4n) is 2.29. The Morgan fingerprint density at radius 3 is 2.55 bits per heavy atom. The number of hydrogen-bond donors (Lipinski definition) is 1. The lowest BCUT2D eigenvalue weighted by molar-refractivity contribution is 0.399. The molecule has 0 amide bonds. The molecule has 1 N–H and O–H groups in total. The van der Waals surface area contributed by atoms with Gasteiger partial charge in [0, 0.05) is 17.8 Å². The fourth-order valence-corrected chi connectivity index (χ4v) is 2.29. The van der Waals surface area contributed by atoms with Gasteiger partial charge in [-0.2, -0.15) is 0 Å². The van der Waals surface area contributed by atoms with Crippen molar-refractivity contribution >= 4 is 5.71 Å². The molecular weight excluding hydrogens is 278 g/mol. The summed E-state index contributed by atoms with van der Waals surface area (Å²) in [6.07, 6.45) is 0.741. The van der Waals surface area contributed by atoms with Crippen LogP contribution < -0.4 is 9.47 Å². The smallest absolute Gasteiger partial charge is 0.124 e. The van der Waals surface area contributed by atoms with E-state index in [0.29, 0.717) is 6.54 Å². The number of rotatable bonds is 6. The first-order valence-electron chi connectivity index (χ1n) is 7.16. The van der Waals surface area contributed by atoms with Gasteiger partial charge in [0.25, 0.3) is 0 Å². The average molecular weight is 299 g/mol. The van der Waals surface area contributed by atoms with Crippen LogP contribution in [0.3, 0.4) is 0 Å². The van der Waals surface area contributed by atoms with Gasteiger partial charge in [-0.3, -0.25) is 4.99 Å². The van der Waals surface area contributed by atoms with E-state index < -0.39 is 0 Å². The third-order valence-electron chi connectivity index (χ3n) is 3.51. The predicted octanol–water partition coefficient (Wildman–Crippen LogP) is 3.46. The van der Waals surface area contributed by atoms with E-state index in [-0.39, 0.29) is 5.75 Å². The number of aromatic hydroxyl groups is 1. The van der Waals surface area contributed by atoms with Crippen LogP contribution in [0.4, 0.5) is 0 Å². The minimum atomic E-state index is 0.253. The summed E-state index contributed by atoms with van der Waals surface area (Å²) < 4.78 is 10.6. The molecule has 0 bridgehead atoms. The molecule has 0 spiro atoms. The number of hydrogen-bond acceptors (Lipinski definition) is 4. The maximum absolute atomic E-state index is 9.83. The second kappa shape index (κ2) is 7.50. The Balaban J connectivity index is 2.10. The van der Waals surface area contributed by atoms with E-state index >= 15 is 0 Å². The van der Waals surface area contributed by atoms with Gasteiger partial charge in [0.1, 0.15) is 17.2 Å². The van der Waals surface area contributed by atoms with Crippen LogP contribution in [0.1, 0.15) is 18.1 Å². The van der Waals surface area contributed by atoms with Crippen LogP contribution >= 0.6 is 0 Å². The summed E-state index contributed by atoms with van der Waals surface area (Å²) in [7, 11) is 3.30. The molecule has 22 heavy (non-hydrogen) atoms. The molecule has 0 aliphatic heterocycles. The monoisotopic (exact) mass is 299 g/mol. The van der Waals surface area contributed by atoms with Gasteiger partial charge in [0.2, 0.25) is 0 Å². The van der Waals surface area contributed by atoms with Crippen LogP contribution in [-0.4, -0.2) is 31.6 Å². The SMILES string of the molecule is COc1ccc(OC)c(CCN=C(C)c2ccccc2O)c1. The van der Waals surface area contributed by atoms with Gasteiger partial charge in [-0.25, -0.2) is 0 Å². The predicted molar refractivity (Wildman–Crippen MR) is 88.4 cm³/mol. The highest BCUT2D eigenvalue weighted by Crippen LogP contribution is 2.24. The van der Waals surface area contributed by atoms with Crippen molar-refractivity contribution in [3.05, 3.63) is 53.6 Å². The van der Waals surface area contributed by atoms with Crippen molar-refractivity contribution in [2.45, 2.75) is 13.3 Å². The van der Waals surface area contributed by atoms with E-state index in [0.717, 1.165) is 34.8 Å². The van der Waals surface area contributed by atoms with Crippen molar-refractivity contribution in [1.82, 2.24) is 0 Å². The van der Waals surface area contributed by atoms with Crippen molar-refractivity contribution in [1.29, 1.82) is 0 Å². The van der Waals surface area contributed by atoms with Crippen molar-refractivity contribution in [2.24, 2.45) is 4.99 Å². The number of para-hydroxylation sites is 1. The Labute approximate surface area is 131 Å². The summed E-state index contributed by atoms with van der Waals surface area (Å²) in [6.45, 7) is 2.52. The summed E-state index contributed by atoms with van der Waals surface area (Å²) in [4.78, 5) is 4.54. The standard InChI is InChI=1S/C18H21NO3/c1-13(16-6-4-5-7-17(16)20)19-11-10-14-12-15(21-2)8-9-18(14)22-3/h4-9,12,20H,10-11H2,1-3H3.